The number of hydrogen-bond donors (Lipinski definition) is 1. The summed E-state index contributed by atoms with van der Waals surface area (Å²) >= 11 is 0. The molecule has 2 amide bonds. The van der Waals surface area contributed by atoms with Gasteiger partial charge < -0.3 is 10.2 Å². The molecule has 0 saturated carbocycles. The molecular formula is C17H32N2O2. The average Bonchev–Trinajstić information content (AvgIpc) is 2.45. The van der Waals surface area contributed by atoms with Crippen LogP contribution in [0.4, 0.5) is 0 Å². The molecule has 0 aliphatic carbocycles. The highest BCUT2D eigenvalue weighted by Gasteiger charge is 2.41. The molecule has 1 N–H and O–H groups in total. The van der Waals surface area contributed by atoms with Crippen molar-refractivity contribution in [2.45, 2.75) is 72.8 Å². The van der Waals surface area contributed by atoms with Gasteiger partial charge >= 0.3 is 0 Å². The van der Waals surface area contributed by atoms with E-state index in [9.17, 15) is 9.59 Å². The first-order valence-electron chi connectivity index (χ1n) is 8.40. The maximum Gasteiger partial charge on any atom is 0.237 e. The van der Waals surface area contributed by atoms with Gasteiger partial charge in [0.15, 0.2) is 0 Å². The molecule has 1 unspecified atom stereocenters. The van der Waals surface area contributed by atoms with Gasteiger partial charge in [0.25, 0.3) is 0 Å². The predicted octanol–water partition coefficient (Wildman–Crippen LogP) is 2.97. The Balaban J connectivity index is 2.66. The van der Waals surface area contributed by atoms with Gasteiger partial charge in [0, 0.05) is 19.1 Å². The number of likely N-dealkylation sites (tertiary alicyclic amines) is 1. The second-order valence-electron chi connectivity index (χ2n) is 7.12. The van der Waals surface area contributed by atoms with Crippen molar-refractivity contribution >= 4 is 11.8 Å². The van der Waals surface area contributed by atoms with E-state index in [1.807, 2.05) is 4.90 Å². The zero-order valence-corrected chi connectivity index (χ0v) is 14.4. The van der Waals surface area contributed by atoms with Crippen LogP contribution in [-0.4, -0.2) is 35.8 Å². The predicted molar refractivity (Wildman–Crippen MR) is 85.9 cm³/mol. The van der Waals surface area contributed by atoms with Crippen LogP contribution >= 0.6 is 0 Å². The third-order valence-corrected chi connectivity index (χ3v) is 4.47. The van der Waals surface area contributed by atoms with Crippen LogP contribution in [0.1, 0.15) is 66.7 Å². The van der Waals surface area contributed by atoms with Gasteiger partial charge in [-0.25, -0.2) is 0 Å². The standard InChI is InChI=1S/C17H32N2O2/c1-6-14-9-7-8-12-19(14)16(21)17(4,5)15(20)18-11-10-13(2)3/h13-14H,6-12H2,1-5H3,(H,18,20). The van der Waals surface area contributed by atoms with Crippen molar-refractivity contribution in [2.75, 3.05) is 13.1 Å². The molecule has 0 aromatic rings. The van der Waals surface area contributed by atoms with Crippen molar-refractivity contribution < 1.29 is 9.59 Å². The first kappa shape index (κ1) is 18.0. The van der Waals surface area contributed by atoms with Crippen LogP contribution in [0.3, 0.4) is 0 Å². The van der Waals surface area contributed by atoms with Crippen molar-refractivity contribution in [1.29, 1.82) is 0 Å². The summed E-state index contributed by atoms with van der Waals surface area (Å²) in [5.74, 6) is 0.389. The Morgan fingerprint density at radius 1 is 1.29 bits per heavy atom. The Morgan fingerprint density at radius 2 is 1.95 bits per heavy atom. The molecule has 1 atom stereocenters. The maximum atomic E-state index is 12.8. The van der Waals surface area contributed by atoms with E-state index in [0.717, 1.165) is 32.2 Å². The Morgan fingerprint density at radius 3 is 2.52 bits per heavy atom. The van der Waals surface area contributed by atoms with Crippen molar-refractivity contribution in [1.82, 2.24) is 10.2 Å². The minimum atomic E-state index is -0.970. The Hall–Kier alpha value is -1.06. The normalized spacial score (nSPS) is 19.7. The first-order valence-corrected chi connectivity index (χ1v) is 8.40. The number of amides is 2. The van der Waals surface area contributed by atoms with Gasteiger partial charge in [-0.2, -0.15) is 0 Å². The molecule has 0 aromatic carbocycles. The van der Waals surface area contributed by atoms with Crippen LogP contribution in [0.25, 0.3) is 0 Å². The van der Waals surface area contributed by atoms with E-state index in [1.165, 1.54) is 6.42 Å². The second-order valence-corrected chi connectivity index (χ2v) is 7.12. The fourth-order valence-electron chi connectivity index (χ4n) is 2.84. The Kier molecular flexibility index (Phi) is 6.69. The highest BCUT2D eigenvalue weighted by Crippen LogP contribution is 2.27. The fourth-order valence-corrected chi connectivity index (χ4v) is 2.84. The Bertz CT molecular complexity index is 364. The van der Waals surface area contributed by atoms with E-state index in [0.29, 0.717) is 18.5 Å². The average molecular weight is 296 g/mol. The molecule has 0 aromatic heterocycles. The maximum absolute atomic E-state index is 12.8. The fraction of sp³-hybridized carbons (Fsp3) is 0.882. The summed E-state index contributed by atoms with van der Waals surface area (Å²) in [5, 5.41) is 2.92. The third kappa shape index (κ3) is 4.72. The summed E-state index contributed by atoms with van der Waals surface area (Å²) in [6.07, 6.45) is 5.21. The summed E-state index contributed by atoms with van der Waals surface area (Å²) in [6, 6.07) is 0.300. The number of carbonyl (C=O) groups excluding carboxylic acids is 2. The number of piperidine rings is 1. The topological polar surface area (TPSA) is 49.4 Å². The largest absolute Gasteiger partial charge is 0.355 e. The minimum absolute atomic E-state index is 0.0175. The molecule has 0 radical (unpaired) electrons. The van der Waals surface area contributed by atoms with E-state index in [2.05, 4.69) is 26.1 Å². The van der Waals surface area contributed by atoms with Gasteiger partial charge in [-0.3, -0.25) is 9.59 Å². The van der Waals surface area contributed by atoms with Gasteiger partial charge in [0.1, 0.15) is 5.41 Å². The lowest BCUT2D eigenvalue weighted by Gasteiger charge is -2.39. The van der Waals surface area contributed by atoms with Crippen LogP contribution in [0.5, 0.6) is 0 Å². The van der Waals surface area contributed by atoms with E-state index in [-0.39, 0.29) is 11.8 Å². The number of hydrogen-bond acceptors (Lipinski definition) is 2. The lowest BCUT2D eigenvalue weighted by molar-refractivity contribution is -0.151. The number of nitrogens with zero attached hydrogens (tertiary/aromatic N) is 1. The molecule has 1 aliphatic rings. The minimum Gasteiger partial charge on any atom is -0.355 e. The van der Waals surface area contributed by atoms with E-state index < -0.39 is 5.41 Å². The molecule has 1 heterocycles. The van der Waals surface area contributed by atoms with Crippen molar-refractivity contribution in [2.24, 2.45) is 11.3 Å². The van der Waals surface area contributed by atoms with Crippen LogP contribution < -0.4 is 5.32 Å². The lowest BCUT2D eigenvalue weighted by atomic mass is 9.87. The number of carbonyl (C=O) groups is 2. The quantitative estimate of drug-likeness (QED) is 0.766. The molecule has 1 fully saturated rings. The molecule has 0 spiro atoms. The molecule has 1 saturated heterocycles. The third-order valence-electron chi connectivity index (χ3n) is 4.47. The van der Waals surface area contributed by atoms with Crippen LogP contribution in [-0.2, 0) is 9.59 Å². The van der Waals surface area contributed by atoms with Crippen LogP contribution in [0, 0.1) is 11.3 Å². The van der Waals surface area contributed by atoms with Gasteiger partial charge in [-0.1, -0.05) is 20.8 Å². The van der Waals surface area contributed by atoms with E-state index >= 15 is 0 Å². The summed E-state index contributed by atoms with van der Waals surface area (Å²) in [5.41, 5.74) is -0.970. The molecule has 1 rings (SSSR count). The highest BCUT2D eigenvalue weighted by molar-refractivity contribution is 6.04. The molecule has 21 heavy (non-hydrogen) atoms. The SMILES string of the molecule is CCC1CCCCN1C(=O)C(C)(C)C(=O)NCCC(C)C. The lowest BCUT2D eigenvalue weighted by Crippen LogP contribution is -2.54. The first-order chi connectivity index (χ1) is 9.80. The summed E-state index contributed by atoms with van der Waals surface area (Å²) in [7, 11) is 0. The van der Waals surface area contributed by atoms with E-state index in [1.54, 1.807) is 13.8 Å². The zero-order valence-electron chi connectivity index (χ0n) is 14.4. The highest BCUT2D eigenvalue weighted by atomic mass is 16.2. The van der Waals surface area contributed by atoms with E-state index in [4.69, 9.17) is 0 Å². The van der Waals surface area contributed by atoms with Crippen LogP contribution in [0.15, 0.2) is 0 Å². The second kappa shape index (κ2) is 7.81. The molecule has 1 aliphatic heterocycles. The van der Waals surface area contributed by atoms with Gasteiger partial charge in [0.2, 0.25) is 11.8 Å². The van der Waals surface area contributed by atoms with Crippen LogP contribution in [0.2, 0.25) is 0 Å². The molecule has 0 bridgehead atoms. The van der Waals surface area contributed by atoms with Crippen molar-refractivity contribution in [3.8, 4) is 0 Å². The van der Waals surface area contributed by atoms with Gasteiger partial charge in [0.05, 0.1) is 0 Å². The summed E-state index contributed by atoms with van der Waals surface area (Å²) in [6.45, 7) is 11.3. The van der Waals surface area contributed by atoms with Crippen molar-refractivity contribution in [3.05, 3.63) is 0 Å². The molecule has 122 valence electrons. The molecule has 4 nitrogen and oxygen atoms in total. The van der Waals surface area contributed by atoms with Gasteiger partial charge in [-0.05, 0) is 51.9 Å². The number of rotatable bonds is 6. The number of nitrogens with one attached hydrogen (secondary N) is 1. The molecule has 4 heteroatoms. The molecular weight excluding hydrogens is 264 g/mol. The van der Waals surface area contributed by atoms with Crippen molar-refractivity contribution in [3.63, 3.8) is 0 Å². The summed E-state index contributed by atoms with van der Waals surface area (Å²) in [4.78, 5) is 27.1. The monoisotopic (exact) mass is 296 g/mol. The Labute approximate surface area is 129 Å². The smallest absolute Gasteiger partial charge is 0.237 e. The summed E-state index contributed by atoms with van der Waals surface area (Å²) < 4.78 is 0. The zero-order chi connectivity index (χ0) is 16.0. The van der Waals surface area contributed by atoms with Gasteiger partial charge in [-0.15, -0.1) is 0 Å².